The highest BCUT2D eigenvalue weighted by molar-refractivity contribution is 5.68. The monoisotopic (exact) mass is 221 g/mol. The van der Waals surface area contributed by atoms with Crippen LogP contribution >= 0.6 is 0 Å². The molecule has 3 heteroatoms. The molecule has 0 saturated carbocycles. The maximum atomic E-state index is 10.8. The Bertz CT molecular complexity index is 311. The molecule has 1 rings (SSSR count). The second-order valence-electron chi connectivity index (χ2n) is 3.99. The Hall–Kier alpha value is -1.35. The van der Waals surface area contributed by atoms with Crippen LogP contribution in [0.4, 0.5) is 0 Å². The molecule has 16 heavy (non-hydrogen) atoms. The van der Waals surface area contributed by atoms with Gasteiger partial charge < -0.3 is 10.8 Å². The van der Waals surface area contributed by atoms with E-state index in [1.807, 2.05) is 30.3 Å². The van der Waals surface area contributed by atoms with Crippen molar-refractivity contribution in [3.63, 3.8) is 0 Å². The molecule has 0 radical (unpaired) electrons. The molecule has 0 aliphatic rings. The van der Waals surface area contributed by atoms with E-state index in [0.29, 0.717) is 6.54 Å². The first-order chi connectivity index (χ1) is 7.74. The third kappa shape index (κ3) is 4.45. The number of nitrogens with two attached hydrogens (primary N) is 1. The standard InChI is InChI=1S/C13H19NO2/c14-9-5-4-8-12(10-13(15)16)11-6-2-1-3-7-11/h1-3,6-7,12H,4-5,8-10,14H2,(H,15,16). The van der Waals surface area contributed by atoms with Gasteiger partial charge in [0.25, 0.3) is 0 Å². The molecule has 0 aliphatic carbocycles. The Kier molecular flexibility index (Phi) is 5.57. The van der Waals surface area contributed by atoms with Gasteiger partial charge in [-0.1, -0.05) is 36.8 Å². The lowest BCUT2D eigenvalue weighted by atomic mass is 9.91. The first-order valence-electron chi connectivity index (χ1n) is 5.71. The van der Waals surface area contributed by atoms with Crippen molar-refractivity contribution in [3.05, 3.63) is 35.9 Å². The molecule has 0 bridgehead atoms. The minimum Gasteiger partial charge on any atom is -0.481 e. The fraction of sp³-hybridized carbons (Fsp3) is 0.462. The van der Waals surface area contributed by atoms with Crippen LogP contribution in [0.5, 0.6) is 0 Å². The third-order valence-electron chi connectivity index (χ3n) is 2.70. The Morgan fingerprint density at radius 1 is 1.25 bits per heavy atom. The van der Waals surface area contributed by atoms with Gasteiger partial charge in [-0.05, 0) is 30.9 Å². The second kappa shape index (κ2) is 7.01. The average molecular weight is 221 g/mol. The van der Waals surface area contributed by atoms with Gasteiger partial charge in [0.1, 0.15) is 0 Å². The second-order valence-corrected chi connectivity index (χ2v) is 3.99. The number of carbonyl (C=O) groups is 1. The predicted molar refractivity (Wildman–Crippen MR) is 64.3 cm³/mol. The molecule has 0 spiro atoms. The summed E-state index contributed by atoms with van der Waals surface area (Å²) in [5, 5.41) is 8.88. The lowest BCUT2D eigenvalue weighted by Gasteiger charge is -2.14. The van der Waals surface area contributed by atoms with Crippen molar-refractivity contribution in [1.29, 1.82) is 0 Å². The SMILES string of the molecule is NCCCCC(CC(=O)O)c1ccccc1. The fourth-order valence-electron chi connectivity index (χ4n) is 1.86. The zero-order valence-corrected chi connectivity index (χ0v) is 9.43. The molecule has 88 valence electrons. The Morgan fingerprint density at radius 2 is 1.94 bits per heavy atom. The molecule has 1 unspecified atom stereocenters. The summed E-state index contributed by atoms with van der Waals surface area (Å²) in [7, 11) is 0. The van der Waals surface area contributed by atoms with E-state index in [1.54, 1.807) is 0 Å². The summed E-state index contributed by atoms with van der Waals surface area (Å²) in [6.07, 6.45) is 3.05. The molecule has 1 atom stereocenters. The summed E-state index contributed by atoms with van der Waals surface area (Å²) < 4.78 is 0. The molecule has 0 aromatic heterocycles. The number of unbranched alkanes of at least 4 members (excludes halogenated alkanes) is 1. The van der Waals surface area contributed by atoms with Crippen LogP contribution in [0.25, 0.3) is 0 Å². The van der Waals surface area contributed by atoms with Crippen LogP contribution in [0, 0.1) is 0 Å². The van der Waals surface area contributed by atoms with Gasteiger partial charge in [-0.15, -0.1) is 0 Å². The van der Waals surface area contributed by atoms with Crippen molar-refractivity contribution in [2.45, 2.75) is 31.6 Å². The summed E-state index contributed by atoms with van der Waals surface area (Å²) in [5.74, 6) is -0.619. The molecule has 0 heterocycles. The van der Waals surface area contributed by atoms with Crippen LogP contribution in [-0.4, -0.2) is 17.6 Å². The molecule has 1 aromatic rings. The maximum Gasteiger partial charge on any atom is 0.303 e. The predicted octanol–water partition coefficient (Wildman–Crippen LogP) is 2.37. The summed E-state index contributed by atoms with van der Waals surface area (Å²) in [6.45, 7) is 0.675. The van der Waals surface area contributed by atoms with E-state index in [2.05, 4.69) is 0 Å². The van der Waals surface area contributed by atoms with Crippen LogP contribution in [0.1, 0.15) is 37.2 Å². The topological polar surface area (TPSA) is 63.3 Å². The highest BCUT2D eigenvalue weighted by atomic mass is 16.4. The zero-order valence-electron chi connectivity index (χ0n) is 9.43. The largest absolute Gasteiger partial charge is 0.481 e. The van der Waals surface area contributed by atoms with E-state index in [9.17, 15) is 4.79 Å². The van der Waals surface area contributed by atoms with Gasteiger partial charge in [0.15, 0.2) is 0 Å². The lowest BCUT2D eigenvalue weighted by Crippen LogP contribution is -2.07. The Morgan fingerprint density at radius 3 is 2.50 bits per heavy atom. The minimum atomic E-state index is -0.735. The zero-order chi connectivity index (χ0) is 11.8. The highest BCUT2D eigenvalue weighted by Crippen LogP contribution is 2.25. The molecular weight excluding hydrogens is 202 g/mol. The number of benzene rings is 1. The normalized spacial score (nSPS) is 12.3. The summed E-state index contributed by atoms with van der Waals surface area (Å²) in [4.78, 5) is 10.8. The van der Waals surface area contributed by atoms with Gasteiger partial charge in [0.05, 0.1) is 6.42 Å². The van der Waals surface area contributed by atoms with Crippen LogP contribution in [0.2, 0.25) is 0 Å². The maximum absolute atomic E-state index is 10.8. The van der Waals surface area contributed by atoms with Gasteiger partial charge >= 0.3 is 5.97 Å². The third-order valence-corrected chi connectivity index (χ3v) is 2.70. The summed E-state index contributed by atoms with van der Waals surface area (Å²) in [5.41, 5.74) is 6.55. The Balaban J connectivity index is 2.60. The van der Waals surface area contributed by atoms with Crippen molar-refractivity contribution in [2.24, 2.45) is 5.73 Å². The van der Waals surface area contributed by atoms with Crippen molar-refractivity contribution in [2.75, 3.05) is 6.54 Å². The lowest BCUT2D eigenvalue weighted by molar-refractivity contribution is -0.137. The number of rotatable bonds is 7. The minimum absolute atomic E-state index is 0.116. The van der Waals surface area contributed by atoms with Gasteiger partial charge in [0.2, 0.25) is 0 Å². The van der Waals surface area contributed by atoms with Crippen molar-refractivity contribution < 1.29 is 9.90 Å². The van der Waals surface area contributed by atoms with E-state index in [0.717, 1.165) is 24.8 Å². The van der Waals surface area contributed by atoms with E-state index >= 15 is 0 Å². The first kappa shape index (κ1) is 12.7. The van der Waals surface area contributed by atoms with Gasteiger partial charge in [-0.3, -0.25) is 4.79 Å². The summed E-state index contributed by atoms with van der Waals surface area (Å²) >= 11 is 0. The number of carboxylic acid groups (broad SMARTS) is 1. The van der Waals surface area contributed by atoms with Gasteiger partial charge in [-0.25, -0.2) is 0 Å². The van der Waals surface area contributed by atoms with Crippen molar-refractivity contribution in [3.8, 4) is 0 Å². The molecule has 0 fully saturated rings. The smallest absolute Gasteiger partial charge is 0.303 e. The van der Waals surface area contributed by atoms with E-state index in [-0.39, 0.29) is 12.3 Å². The number of carboxylic acids is 1. The average Bonchev–Trinajstić information content (AvgIpc) is 2.29. The molecule has 1 aromatic carbocycles. The molecular formula is C13H19NO2. The van der Waals surface area contributed by atoms with Crippen molar-refractivity contribution in [1.82, 2.24) is 0 Å². The summed E-state index contributed by atoms with van der Waals surface area (Å²) in [6, 6.07) is 9.84. The molecule has 0 saturated heterocycles. The van der Waals surface area contributed by atoms with Crippen LogP contribution in [-0.2, 0) is 4.79 Å². The Labute approximate surface area is 96.3 Å². The van der Waals surface area contributed by atoms with Gasteiger partial charge in [0, 0.05) is 0 Å². The fourth-order valence-corrected chi connectivity index (χ4v) is 1.86. The van der Waals surface area contributed by atoms with Crippen LogP contribution in [0.15, 0.2) is 30.3 Å². The number of hydrogen-bond donors (Lipinski definition) is 2. The molecule has 3 nitrogen and oxygen atoms in total. The molecule has 3 N–H and O–H groups in total. The quantitative estimate of drug-likeness (QED) is 0.695. The van der Waals surface area contributed by atoms with Crippen LogP contribution in [0.3, 0.4) is 0 Å². The first-order valence-corrected chi connectivity index (χ1v) is 5.71. The number of hydrogen-bond acceptors (Lipinski definition) is 2. The van der Waals surface area contributed by atoms with Crippen molar-refractivity contribution >= 4 is 5.97 Å². The van der Waals surface area contributed by atoms with E-state index in [4.69, 9.17) is 10.8 Å². The van der Waals surface area contributed by atoms with Crippen LogP contribution < -0.4 is 5.73 Å². The highest BCUT2D eigenvalue weighted by Gasteiger charge is 2.14. The van der Waals surface area contributed by atoms with E-state index in [1.165, 1.54) is 0 Å². The molecule has 0 amide bonds. The number of aliphatic carboxylic acids is 1. The molecule has 0 aliphatic heterocycles. The van der Waals surface area contributed by atoms with E-state index < -0.39 is 5.97 Å². The van der Waals surface area contributed by atoms with Gasteiger partial charge in [-0.2, -0.15) is 0 Å².